The van der Waals surface area contributed by atoms with Crippen LogP contribution in [0.2, 0.25) is 0 Å². The number of pyridine rings is 1. The second kappa shape index (κ2) is 8.64. The molecule has 2 aromatic heterocycles. The third kappa shape index (κ3) is 3.96. The van der Waals surface area contributed by atoms with Gasteiger partial charge in [0, 0.05) is 28.3 Å². The SMILES string of the molecule is Cc1cc2c(-c3ccc[nH]c3=O)c(C(=O)NS(=O)C3CC3)n(Cc3ccccc3F)c2cc1F. The molecule has 0 aliphatic heterocycles. The van der Waals surface area contributed by atoms with E-state index in [4.69, 9.17) is 0 Å². The van der Waals surface area contributed by atoms with Crippen LogP contribution in [0.4, 0.5) is 8.78 Å². The van der Waals surface area contributed by atoms with Crippen molar-refractivity contribution in [2.45, 2.75) is 31.6 Å². The number of rotatable bonds is 6. The number of hydrogen-bond acceptors (Lipinski definition) is 3. The fourth-order valence-corrected chi connectivity index (χ4v) is 5.08. The fraction of sp³-hybridized carbons (Fsp3) is 0.200. The highest BCUT2D eigenvalue weighted by molar-refractivity contribution is 7.84. The molecule has 0 spiro atoms. The molecule has 0 radical (unpaired) electrons. The number of fused-ring (bicyclic) bond motifs is 1. The van der Waals surface area contributed by atoms with Crippen molar-refractivity contribution in [1.29, 1.82) is 0 Å². The maximum Gasteiger partial charge on any atom is 0.280 e. The molecular formula is C25H21F2N3O3S. The number of halogens is 2. The third-order valence-electron chi connectivity index (χ3n) is 5.95. The van der Waals surface area contributed by atoms with Crippen LogP contribution in [-0.2, 0) is 17.5 Å². The Hall–Kier alpha value is -3.59. The van der Waals surface area contributed by atoms with Gasteiger partial charge in [-0.05, 0) is 55.7 Å². The lowest BCUT2D eigenvalue weighted by Gasteiger charge is -2.13. The summed E-state index contributed by atoms with van der Waals surface area (Å²) in [4.78, 5) is 28.9. The molecule has 1 aliphatic rings. The van der Waals surface area contributed by atoms with Gasteiger partial charge in [0.1, 0.15) is 28.3 Å². The number of aromatic amines is 1. The van der Waals surface area contributed by atoms with Crippen LogP contribution in [-0.4, -0.2) is 24.9 Å². The van der Waals surface area contributed by atoms with Gasteiger partial charge in [0.2, 0.25) is 0 Å². The molecule has 34 heavy (non-hydrogen) atoms. The number of aryl methyl sites for hydroxylation is 1. The summed E-state index contributed by atoms with van der Waals surface area (Å²) in [5.41, 5.74) is 1.01. The number of benzene rings is 2. The summed E-state index contributed by atoms with van der Waals surface area (Å²) in [5.74, 6) is -1.65. The van der Waals surface area contributed by atoms with E-state index in [1.54, 1.807) is 43.3 Å². The highest BCUT2D eigenvalue weighted by Gasteiger charge is 2.32. The highest BCUT2D eigenvalue weighted by atomic mass is 32.2. The minimum atomic E-state index is -1.60. The molecule has 6 nitrogen and oxygen atoms in total. The van der Waals surface area contributed by atoms with E-state index in [0.717, 1.165) is 12.8 Å². The van der Waals surface area contributed by atoms with E-state index >= 15 is 0 Å². The Morgan fingerprint density at radius 3 is 2.62 bits per heavy atom. The molecule has 2 heterocycles. The van der Waals surface area contributed by atoms with Gasteiger partial charge in [-0.3, -0.25) is 14.3 Å². The third-order valence-corrected chi connectivity index (χ3v) is 7.42. The molecule has 2 N–H and O–H groups in total. The van der Waals surface area contributed by atoms with Crippen LogP contribution in [0.25, 0.3) is 22.0 Å². The van der Waals surface area contributed by atoms with Gasteiger partial charge in [-0.1, -0.05) is 18.2 Å². The van der Waals surface area contributed by atoms with Gasteiger partial charge in [0.15, 0.2) is 0 Å². The van der Waals surface area contributed by atoms with Crippen LogP contribution in [0.15, 0.2) is 59.5 Å². The van der Waals surface area contributed by atoms with E-state index in [2.05, 4.69) is 9.71 Å². The van der Waals surface area contributed by atoms with E-state index in [-0.39, 0.29) is 34.2 Å². The average Bonchev–Trinajstić information content (AvgIpc) is 3.61. The molecule has 1 aliphatic carbocycles. The lowest BCUT2D eigenvalue weighted by Crippen LogP contribution is -2.30. The lowest BCUT2D eigenvalue weighted by molar-refractivity contribution is 0.0975. The molecule has 5 rings (SSSR count). The Morgan fingerprint density at radius 2 is 1.91 bits per heavy atom. The molecule has 2 aromatic carbocycles. The monoisotopic (exact) mass is 481 g/mol. The number of carbonyl (C=O) groups is 1. The molecular weight excluding hydrogens is 460 g/mol. The maximum atomic E-state index is 14.7. The molecule has 1 unspecified atom stereocenters. The standard InChI is InChI=1S/C25H21F2N3O3S/c1-14-11-18-21(12-20(14)27)30(13-15-5-2-3-7-19(15)26)23(25(32)29-34(33)16-8-9-16)22(18)17-6-4-10-28-24(17)31/h2-7,10-12,16H,8-9,13H2,1H3,(H,28,31)(H,29,32). The topological polar surface area (TPSA) is 84.0 Å². The van der Waals surface area contributed by atoms with Crippen molar-refractivity contribution in [1.82, 2.24) is 14.3 Å². The zero-order chi connectivity index (χ0) is 24.0. The Balaban J connectivity index is 1.82. The quantitative estimate of drug-likeness (QED) is 0.433. The van der Waals surface area contributed by atoms with Gasteiger partial charge in [-0.2, -0.15) is 0 Å². The van der Waals surface area contributed by atoms with E-state index in [1.807, 2.05) is 0 Å². The fourth-order valence-electron chi connectivity index (χ4n) is 4.07. The molecule has 1 saturated carbocycles. The predicted octanol–water partition coefficient (Wildman–Crippen LogP) is 4.19. The number of nitrogens with one attached hydrogen (secondary N) is 2. The maximum absolute atomic E-state index is 14.7. The summed E-state index contributed by atoms with van der Waals surface area (Å²) in [5, 5.41) is 0.353. The second-order valence-electron chi connectivity index (χ2n) is 8.36. The minimum Gasteiger partial charge on any atom is -0.331 e. The molecule has 1 atom stereocenters. The van der Waals surface area contributed by atoms with Crippen molar-refractivity contribution in [3.63, 3.8) is 0 Å². The van der Waals surface area contributed by atoms with E-state index in [0.29, 0.717) is 16.5 Å². The molecule has 4 aromatic rings. The minimum absolute atomic E-state index is 0.0222. The van der Waals surface area contributed by atoms with Gasteiger partial charge in [0.25, 0.3) is 11.5 Å². The average molecular weight is 482 g/mol. The summed E-state index contributed by atoms with van der Waals surface area (Å²) >= 11 is 0. The molecule has 174 valence electrons. The van der Waals surface area contributed by atoms with Crippen LogP contribution in [0.1, 0.15) is 34.5 Å². The largest absolute Gasteiger partial charge is 0.331 e. The van der Waals surface area contributed by atoms with Crippen molar-refractivity contribution >= 4 is 27.8 Å². The lowest BCUT2D eigenvalue weighted by atomic mass is 10.0. The summed E-state index contributed by atoms with van der Waals surface area (Å²) in [6, 6.07) is 12.1. The summed E-state index contributed by atoms with van der Waals surface area (Å²) in [6.07, 6.45) is 2.97. The first kappa shape index (κ1) is 22.2. The first-order valence-electron chi connectivity index (χ1n) is 10.8. The molecule has 0 saturated heterocycles. The number of carbonyl (C=O) groups excluding carboxylic acids is 1. The van der Waals surface area contributed by atoms with E-state index < -0.39 is 34.1 Å². The van der Waals surface area contributed by atoms with Crippen molar-refractivity contribution in [2.24, 2.45) is 0 Å². The predicted molar refractivity (Wildman–Crippen MR) is 127 cm³/mol. The normalized spacial score (nSPS) is 14.3. The highest BCUT2D eigenvalue weighted by Crippen LogP contribution is 2.36. The van der Waals surface area contributed by atoms with E-state index in [1.165, 1.54) is 22.9 Å². The van der Waals surface area contributed by atoms with Crippen LogP contribution < -0.4 is 10.3 Å². The first-order chi connectivity index (χ1) is 16.3. The number of H-pyrrole nitrogens is 1. The Kier molecular flexibility index (Phi) is 5.65. The first-order valence-corrected chi connectivity index (χ1v) is 12.0. The van der Waals surface area contributed by atoms with Crippen molar-refractivity contribution in [3.8, 4) is 11.1 Å². The van der Waals surface area contributed by atoms with Crippen molar-refractivity contribution < 1.29 is 17.8 Å². The number of hydrogen-bond donors (Lipinski definition) is 2. The molecule has 0 bridgehead atoms. The zero-order valence-electron chi connectivity index (χ0n) is 18.2. The number of amides is 1. The van der Waals surface area contributed by atoms with Gasteiger partial charge < -0.3 is 9.55 Å². The summed E-state index contributed by atoms with van der Waals surface area (Å²) in [6.45, 7) is 1.50. The van der Waals surface area contributed by atoms with Crippen LogP contribution >= 0.6 is 0 Å². The smallest absolute Gasteiger partial charge is 0.280 e. The zero-order valence-corrected chi connectivity index (χ0v) is 19.0. The Bertz CT molecular complexity index is 1520. The van der Waals surface area contributed by atoms with Crippen LogP contribution in [0.3, 0.4) is 0 Å². The second-order valence-corrected chi connectivity index (χ2v) is 9.83. The van der Waals surface area contributed by atoms with E-state index in [9.17, 15) is 22.6 Å². The van der Waals surface area contributed by atoms with Gasteiger partial charge in [0.05, 0.1) is 17.3 Å². The summed E-state index contributed by atoms with van der Waals surface area (Å²) < 4.78 is 45.8. The molecule has 1 fully saturated rings. The van der Waals surface area contributed by atoms with Gasteiger partial charge in [-0.25, -0.2) is 13.0 Å². The summed E-state index contributed by atoms with van der Waals surface area (Å²) in [7, 11) is -1.60. The van der Waals surface area contributed by atoms with Crippen LogP contribution in [0.5, 0.6) is 0 Å². The number of aromatic nitrogens is 2. The van der Waals surface area contributed by atoms with Gasteiger partial charge >= 0.3 is 0 Å². The van der Waals surface area contributed by atoms with Crippen LogP contribution in [0, 0.1) is 18.6 Å². The Morgan fingerprint density at radius 1 is 1.15 bits per heavy atom. The number of nitrogens with zero attached hydrogens (tertiary/aromatic N) is 1. The van der Waals surface area contributed by atoms with Gasteiger partial charge in [-0.15, -0.1) is 0 Å². The molecule has 9 heteroatoms. The Labute approximate surface area is 196 Å². The van der Waals surface area contributed by atoms with Crippen molar-refractivity contribution in [3.05, 3.63) is 93.5 Å². The van der Waals surface area contributed by atoms with Crippen molar-refractivity contribution in [2.75, 3.05) is 0 Å². The molecule has 1 amide bonds.